The minimum absolute atomic E-state index is 0.0507. The third-order valence-electron chi connectivity index (χ3n) is 8.43. The second-order valence-corrected chi connectivity index (χ2v) is 11.3. The highest BCUT2D eigenvalue weighted by Crippen LogP contribution is 2.57. The Hall–Kier alpha value is -5.06. The molecule has 1 aromatic heterocycles. The SMILES string of the molecule is [2H]C([2H])([2H])N(CCOc1c(N)ncnc1-c1cc(F)cc(NC(=O)c2cc3c(cc2F)C2(CC3)CC2)c1C)C(=O)OCc1ccccc1. The van der Waals surface area contributed by atoms with Gasteiger partial charge in [-0.15, -0.1) is 0 Å². The summed E-state index contributed by atoms with van der Waals surface area (Å²) in [7, 11) is 0. The topological polar surface area (TPSA) is 120 Å². The molecule has 1 saturated carbocycles. The molecule has 0 atom stereocenters. The summed E-state index contributed by atoms with van der Waals surface area (Å²) in [6.07, 6.45) is 3.83. The Kier molecular flexibility index (Phi) is 7.11. The van der Waals surface area contributed by atoms with Crippen molar-refractivity contribution >= 4 is 23.5 Å². The molecule has 3 N–H and O–H groups in total. The number of ether oxygens (including phenoxy) is 2. The first-order chi connectivity index (χ1) is 22.9. The number of benzene rings is 3. The number of anilines is 2. The van der Waals surface area contributed by atoms with E-state index in [4.69, 9.17) is 19.3 Å². The molecule has 0 aliphatic heterocycles. The van der Waals surface area contributed by atoms with Crippen molar-refractivity contribution in [2.24, 2.45) is 0 Å². The lowest BCUT2D eigenvalue weighted by atomic mass is 9.96. The Labute approximate surface area is 263 Å². The van der Waals surface area contributed by atoms with Gasteiger partial charge in [-0.3, -0.25) is 4.79 Å². The molecule has 2 aliphatic carbocycles. The van der Waals surface area contributed by atoms with E-state index in [1.165, 1.54) is 12.1 Å². The second-order valence-electron chi connectivity index (χ2n) is 11.3. The van der Waals surface area contributed by atoms with Gasteiger partial charge in [0.2, 0.25) is 0 Å². The van der Waals surface area contributed by atoms with Gasteiger partial charge in [-0.1, -0.05) is 30.3 Å². The van der Waals surface area contributed by atoms with Gasteiger partial charge in [0.1, 0.15) is 36.9 Å². The van der Waals surface area contributed by atoms with Gasteiger partial charge < -0.3 is 25.4 Å². The fraction of sp³-hybridized carbons (Fsp3) is 0.294. The molecule has 3 aromatic carbocycles. The Morgan fingerprint density at radius 3 is 2.67 bits per heavy atom. The third kappa shape index (κ3) is 6.15. The van der Waals surface area contributed by atoms with Crippen molar-refractivity contribution in [3.8, 4) is 17.0 Å². The highest BCUT2D eigenvalue weighted by molar-refractivity contribution is 6.05. The number of nitrogen functional groups attached to an aromatic ring is 1. The summed E-state index contributed by atoms with van der Waals surface area (Å²) < 4.78 is 64.7. The van der Waals surface area contributed by atoms with Gasteiger partial charge in [-0.25, -0.2) is 23.5 Å². The highest BCUT2D eigenvalue weighted by atomic mass is 19.1. The van der Waals surface area contributed by atoms with Crippen LogP contribution >= 0.6 is 0 Å². The lowest BCUT2D eigenvalue weighted by molar-refractivity contribution is 0.0993. The van der Waals surface area contributed by atoms with Gasteiger partial charge in [-0.05, 0) is 84.5 Å². The Morgan fingerprint density at radius 1 is 1.11 bits per heavy atom. The first-order valence-electron chi connectivity index (χ1n) is 16.0. The van der Waals surface area contributed by atoms with Crippen LogP contribution in [-0.4, -0.2) is 47.0 Å². The molecule has 0 bridgehead atoms. The standard InChI is InChI=1S/C34H33F2N5O4/c1-20-24(15-23(35)16-28(20)40-32(42)25-14-22-8-9-34(10-11-34)26(22)17-27(25)36)29-30(31(37)39-19-38-29)44-13-12-41(2)33(43)45-18-21-6-4-3-5-7-21/h3-7,14-17,19H,8-13,18H2,1-2H3,(H,40,42)(H2,37,38,39)/i2D3. The molecule has 232 valence electrons. The van der Waals surface area contributed by atoms with Crippen molar-refractivity contribution in [2.45, 2.75) is 44.6 Å². The number of nitrogens with one attached hydrogen (secondary N) is 1. The van der Waals surface area contributed by atoms with E-state index >= 15 is 8.78 Å². The fourth-order valence-corrected chi connectivity index (χ4v) is 5.76. The highest BCUT2D eigenvalue weighted by Gasteiger charge is 2.48. The summed E-state index contributed by atoms with van der Waals surface area (Å²) in [6, 6.07) is 14.1. The maximum absolute atomic E-state index is 15.2. The molecule has 0 unspecified atom stereocenters. The maximum Gasteiger partial charge on any atom is 0.409 e. The van der Waals surface area contributed by atoms with Crippen LogP contribution in [0.3, 0.4) is 0 Å². The third-order valence-corrected chi connectivity index (χ3v) is 8.43. The predicted molar refractivity (Wildman–Crippen MR) is 165 cm³/mol. The molecule has 0 saturated heterocycles. The normalized spacial score (nSPS) is 15.4. The lowest BCUT2D eigenvalue weighted by Gasteiger charge is -2.19. The first kappa shape index (κ1) is 26.4. The number of fused-ring (bicyclic) bond motifs is 2. The minimum Gasteiger partial charge on any atom is -0.486 e. The zero-order chi connectivity index (χ0) is 34.2. The first-order valence-corrected chi connectivity index (χ1v) is 14.5. The van der Waals surface area contributed by atoms with Gasteiger partial charge >= 0.3 is 6.09 Å². The van der Waals surface area contributed by atoms with E-state index in [0.29, 0.717) is 16.0 Å². The van der Waals surface area contributed by atoms with Crippen LogP contribution in [0, 0.1) is 18.6 Å². The number of hydrogen-bond acceptors (Lipinski definition) is 7. The van der Waals surface area contributed by atoms with Crippen LogP contribution in [0.25, 0.3) is 11.3 Å². The summed E-state index contributed by atoms with van der Waals surface area (Å²) >= 11 is 0. The monoisotopic (exact) mass is 616 g/mol. The van der Waals surface area contributed by atoms with Gasteiger partial charge in [0, 0.05) is 22.3 Å². The van der Waals surface area contributed by atoms with Crippen LogP contribution < -0.4 is 15.8 Å². The molecule has 9 nitrogen and oxygen atoms in total. The van der Waals surface area contributed by atoms with Crippen molar-refractivity contribution in [3.63, 3.8) is 0 Å². The molecule has 2 aliphatic rings. The number of carbonyl (C=O) groups excluding carboxylic acids is 2. The van der Waals surface area contributed by atoms with Crippen molar-refractivity contribution in [1.29, 1.82) is 0 Å². The van der Waals surface area contributed by atoms with Gasteiger partial charge in [-0.2, -0.15) is 0 Å². The van der Waals surface area contributed by atoms with E-state index in [1.54, 1.807) is 43.3 Å². The van der Waals surface area contributed by atoms with Crippen LogP contribution in [0.4, 0.5) is 25.1 Å². The van der Waals surface area contributed by atoms with E-state index < -0.39 is 37.2 Å². The Morgan fingerprint density at radius 2 is 1.91 bits per heavy atom. The zero-order valence-electron chi connectivity index (χ0n) is 27.5. The van der Waals surface area contributed by atoms with E-state index in [9.17, 15) is 9.59 Å². The van der Waals surface area contributed by atoms with Crippen molar-refractivity contribution in [1.82, 2.24) is 14.9 Å². The summed E-state index contributed by atoms with van der Waals surface area (Å²) in [5, 5.41) is 2.64. The summed E-state index contributed by atoms with van der Waals surface area (Å²) in [4.78, 5) is 34.7. The fourth-order valence-electron chi connectivity index (χ4n) is 5.76. The molecule has 1 heterocycles. The van der Waals surface area contributed by atoms with Crippen molar-refractivity contribution < 1.29 is 32.0 Å². The van der Waals surface area contributed by atoms with Crippen LogP contribution in [0.15, 0.2) is 60.9 Å². The number of aromatic nitrogens is 2. The molecule has 6 rings (SSSR count). The molecule has 1 fully saturated rings. The quantitative estimate of drug-likeness (QED) is 0.230. The molecule has 45 heavy (non-hydrogen) atoms. The second kappa shape index (κ2) is 12.1. The summed E-state index contributed by atoms with van der Waals surface area (Å²) in [6.45, 7) is -2.15. The zero-order valence-corrected chi connectivity index (χ0v) is 24.5. The number of carbonyl (C=O) groups is 2. The van der Waals surface area contributed by atoms with Gasteiger partial charge in [0.15, 0.2) is 11.6 Å². The van der Waals surface area contributed by atoms with Crippen LogP contribution in [0.2, 0.25) is 0 Å². The summed E-state index contributed by atoms with van der Waals surface area (Å²) in [5.41, 5.74) is 9.32. The Balaban J connectivity index is 1.20. The number of hydrogen-bond donors (Lipinski definition) is 2. The summed E-state index contributed by atoms with van der Waals surface area (Å²) in [5.74, 6) is -2.31. The number of aryl methyl sites for hydroxylation is 1. The lowest BCUT2D eigenvalue weighted by Crippen LogP contribution is -2.31. The smallest absolute Gasteiger partial charge is 0.409 e. The number of amides is 2. The van der Waals surface area contributed by atoms with E-state index in [0.717, 1.165) is 49.2 Å². The molecular weight excluding hydrogens is 580 g/mol. The van der Waals surface area contributed by atoms with Crippen molar-refractivity contribution in [3.05, 3.63) is 100 Å². The van der Waals surface area contributed by atoms with Gasteiger partial charge in [0.05, 0.1) is 12.1 Å². The van der Waals surface area contributed by atoms with Crippen LogP contribution in [-0.2, 0) is 23.2 Å². The molecular formula is C34H33F2N5O4. The minimum atomic E-state index is -2.84. The molecule has 1 spiro atoms. The average Bonchev–Trinajstić information content (AvgIpc) is 3.76. The van der Waals surface area contributed by atoms with Crippen LogP contribution in [0.1, 0.15) is 56.0 Å². The molecule has 2 amide bonds. The average molecular weight is 617 g/mol. The number of rotatable bonds is 9. The maximum atomic E-state index is 15.2. The molecule has 0 radical (unpaired) electrons. The van der Waals surface area contributed by atoms with E-state index in [1.807, 2.05) is 0 Å². The predicted octanol–water partition coefficient (Wildman–Crippen LogP) is 6.19. The largest absolute Gasteiger partial charge is 0.486 e. The van der Waals surface area contributed by atoms with Gasteiger partial charge in [0.25, 0.3) is 5.91 Å². The molecule has 11 heteroatoms. The molecule has 4 aromatic rings. The van der Waals surface area contributed by atoms with Crippen LogP contribution in [0.5, 0.6) is 5.75 Å². The Bertz CT molecular complexity index is 1890. The number of halogens is 2. The number of nitrogens with two attached hydrogens (primary N) is 1. The van der Waals surface area contributed by atoms with Crippen molar-refractivity contribution in [2.75, 3.05) is 31.2 Å². The number of likely N-dealkylation sites (N-methyl/N-ethyl adjacent to an activating group) is 1. The number of nitrogens with zero attached hydrogens (tertiary/aromatic N) is 3. The van der Waals surface area contributed by atoms with E-state index in [-0.39, 0.29) is 52.7 Å². The van der Waals surface area contributed by atoms with E-state index in [2.05, 4.69) is 15.3 Å².